The summed E-state index contributed by atoms with van der Waals surface area (Å²) in [5, 5.41) is 2.93. The Morgan fingerprint density at radius 2 is 1.61 bits per heavy atom. The summed E-state index contributed by atoms with van der Waals surface area (Å²) in [6, 6.07) is 13.8. The Balaban J connectivity index is 1.31. The minimum Gasteiger partial charge on any atom is -0.490 e. The van der Waals surface area contributed by atoms with Crippen LogP contribution >= 0.6 is 0 Å². The van der Waals surface area contributed by atoms with Crippen molar-refractivity contribution in [1.82, 2.24) is 0 Å². The highest BCUT2D eigenvalue weighted by atomic mass is 16.5. The monoisotopic (exact) mass is 379 g/mol. The molecule has 4 heteroatoms. The molecule has 1 amide bonds. The Bertz CT molecular complexity index is 809. The summed E-state index contributed by atoms with van der Waals surface area (Å²) in [6.45, 7) is 1.78. The zero-order chi connectivity index (χ0) is 19.3. The first-order valence-electron chi connectivity index (χ1n) is 10.5. The first-order chi connectivity index (χ1) is 13.7. The van der Waals surface area contributed by atoms with Crippen molar-refractivity contribution < 1.29 is 14.3 Å². The Hall–Kier alpha value is -2.49. The van der Waals surface area contributed by atoms with Crippen molar-refractivity contribution in [2.45, 2.75) is 70.5 Å². The molecule has 2 aliphatic carbocycles. The number of carbonyl (C=O) groups is 1. The third-order valence-corrected chi connectivity index (χ3v) is 5.73. The van der Waals surface area contributed by atoms with Gasteiger partial charge in [-0.2, -0.15) is 0 Å². The average Bonchev–Trinajstić information content (AvgIpc) is 3.22. The third-order valence-electron chi connectivity index (χ3n) is 5.73. The van der Waals surface area contributed by atoms with Crippen LogP contribution in [-0.4, -0.2) is 18.1 Å². The van der Waals surface area contributed by atoms with Gasteiger partial charge in [-0.15, -0.1) is 0 Å². The van der Waals surface area contributed by atoms with Crippen LogP contribution in [0.15, 0.2) is 42.5 Å². The summed E-state index contributed by atoms with van der Waals surface area (Å²) in [4.78, 5) is 12.5. The van der Waals surface area contributed by atoms with Crippen molar-refractivity contribution in [3.8, 4) is 11.5 Å². The van der Waals surface area contributed by atoms with Gasteiger partial charge in [-0.3, -0.25) is 4.79 Å². The number of anilines is 1. The second kappa shape index (κ2) is 8.68. The van der Waals surface area contributed by atoms with Crippen molar-refractivity contribution in [2.24, 2.45) is 0 Å². The Morgan fingerprint density at radius 1 is 0.929 bits per heavy atom. The fraction of sp³-hybridized carbons (Fsp3) is 0.458. The smallest absolute Gasteiger partial charge is 0.265 e. The van der Waals surface area contributed by atoms with Crippen LogP contribution in [0.5, 0.6) is 11.5 Å². The lowest BCUT2D eigenvalue weighted by molar-refractivity contribution is -0.122. The molecule has 0 spiro atoms. The zero-order valence-corrected chi connectivity index (χ0v) is 16.6. The molecule has 0 unspecified atom stereocenters. The van der Waals surface area contributed by atoms with E-state index in [4.69, 9.17) is 9.47 Å². The largest absolute Gasteiger partial charge is 0.490 e. The van der Waals surface area contributed by atoms with E-state index in [1.165, 1.54) is 36.8 Å². The van der Waals surface area contributed by atoms with Crippen LogP contribution < -0.4 is 14.8 Å². The number of hydrogen-bond donors (Lipinski definition) is 1. The fourth-order valence-corrected chi connectivity index (χ4v) is 4.10. The van der Waals surface area contributed by atoms with Gasteiger partial charge < -0.3 is 14.8 Å². The highest BCUT2D eigenvalue weighted by Crippen LogP contribution is 2.27. The second-order valence-corrected chi connectivity index (χ2v) is 7.94. The summed E-state index contributed by atoms with van der Waals surface area (Å²) in [7, 11) is 0. The van der Waals surface area contributed by atoms with Gasteiger partial charge in [0.15, 0.2) is 6.10 Å². The number of fused-ring (bicyclic) bond motifs is 1. The fourth-order valence-electron chi connectivity index (χ4n) is 4.10. The molecular weight excluding hydrogens is 350 g/mol. The van der Waals surface area contributed by atoms with Gasteiger partial charge in [-0.05, 0) is 106 Å². The SMILES string of the molecule is C[C@H](Oc1ccc2c(c1)CCCC2)C(=O)Nc1ccc(OC2CCCC2)cc1. The lowest BCUT2D eigenvalue weighted by Crippen LogP contribution is -2.30. The van der Waals surface area contributed by atoms with Gasteiger partial charge in [0.1, 0.15) is 11.5 Å². The van der Waals surface area contributed by atoms with E-state index in [1.807, 2.05) is 30.3 Å². The molecule has 28 heavy (non-hydrogen) atoms. The number of benzene rings is 2. The summed E-state index contributed by atoms with van der Waals surface area (Å²) in [5.41, 5.74) is 3.52. The van der Waals surface area contributed by atoms with Crippen LogP contribution in [0, 0.1) is 0 Å². The summed E-state index contributed by atoms with van der Waals surface area (Å²) in [6.07, 6.45) is 9.29. The van der Waals surface area contributed by atoms with Gasteiger partial charge in [0, 0.05) is 5.69 Å². The maximum absolute atomic E-state index is 12.5. The topological polar surface area (TPSA) is 47.6 Å². The molecule has 2 aliphatic rings. The highest BCUT2D eigenvalue weighted by molar-refractivity contribution is 5.94. The molecule has 1 atom stereocenters. The summed E-state index contributed by atoms with van der Waals surface area (Å²) < 4.78 is 11.9. The van der Waals surface area contributed by atoms with E-state index in [-0.39, 0.29) is 5.91 Å². The average molecular weight is 380 g/mol. The minimum atomic E-state index is -0.559. The van der Waals surface area contributed by atoms with Crippen molar-refractivity contribution in [3.63, 3.8) is 0 Å². The molecule has 1 fully saturated rings. The molecule has 0 bridgehead atoms. The van der Waals surface area contributed by atoms with Crippen LogP contribution in [0.4, 0.5) is 5.69 Å². The van der Waals surface area contributed by atoms with E-state index in [0.29, 0.717) is 6.10 Å². The Kier molecular flexibility index (Phi) is 5.84. The van der Waals surface area contributed by atoms with Gasteiger partial charge in [-0.25, -0.2) is 0 Å². The molecule has 2 aromatic carbocycles. The first-order valence-corrected chi connectivity index (χ1v) is 10.5. The van der Waals surface area contributed by atoms with Crippen LogP contribution in [0.1, 0.15) is 56.6 Å². The number of rotatable bonds is 6. The third kappa shape index (κ3) is 4.67. The molecule has 148 valence electrons. The maximum Gasteiger partial charge on any atom is 0.265 e. The number of carbonyl (C=O) groups excluding carboxylic acids is 1. The van der Waals surface area contributed by atoms with Crippen LogP contribution in [0.25, 0.3) is 0 Å². The van der Waals surface area contributed by atoms with E-state index >= 15 is 0 Å². The number of ether oxygens (including phenoxy) is 2. The van der Waals surface area contributed by atoms with E-state index in [0.717, 1.165) is 42.9 Å². The van der Waals surface area contributed by atoms with E-state index < -0.39 is 6.10 Å². The minimum absolute atomic E-state index is 0.151. The normalized spacial score (nSPS) is 17.6. The molecule has 2 aromatic rings. The zero-order valence-electron chi connectivity index (χ0n) is 16.6. The van der Waals surface area contributed by atoms with Gasteiger partial charge >= 0.3 is 0 Å². The molecule has 4 rings (SSSR count). The molecule has 1 saturated carbocycles. The van der Waals surface area contributed by atoms with E-state index in [2.05, 4.69) is 17.4 Å². The van der Waals surface area contributed by atoms with Gasteiger partial charge in [-0.1, -0.05) is 6.07 Å². The molecule has 0 heterocycles. The molecule has 1 N–H and O–H groups in total. The van der Waals surface area contributed by atoms with Crippen LogP contribution in [0.2, 0.25) is 0 Å². The standard InChI is InChI=1S/C24H29NO3/c1-17(27-23-13-10-18-6-2-3-7-19(18)16-23)24(26)25-20-11-14-22(15-12-20)28-21-8-4-5-9-21/h10-17,21H,2-9H2,1H3,(H,25,26)/t17-/m0/s1. The first kappa shape index (κ1) is 18.9. The van der Waals surface area contributed by atoms with E-state index in [1.54, 1.807) is 6.92 Å². The van der Waals surface area contributed by atoms with Crippen molar-refractivity contribution in [1.29, 1.82) is 0 Å². The summed E-state index contributed by atoms with van der Waals surface area (Å²) >= 11 is 0. The van der Waals surface area contributed by atoms with Gasteiger partial charge in [0.2, 0.25) is 0 Å². The van der Waals surface area contributed by atoms with E-state index in [9.17, 15) is 4.79 Å². The maximum atomic E-state index is 12.5. The van der Waals surface area contributed by atoms with Crippen LogP contribution in [-0.2, 0) is 17.6 Å². The van der Waals surface area contributed by atoms with Crippen molar-refractivity contribution in [3.05, 3.63) is 53.6 Å². The van der Waals surface area contributed by atoms with Crippen molar-refractivity contribution >= 4 is 11.6 Å². The lowest BCUT2D eigenvalue weighted by atomic mass is 9.92. The number of nitrogens with one attached hydrogen (secondary N) is 1. The molecule has 4 nitrogen and oxygen atoms in total. The highest BCUT2D eigenvalue weighted by Gasteiger charge is 2.18. The molecule has 0 saturated heterocycles. The van der Waals surface area contributed by atoms with Crippen LogP contribution in [0.3, 0.4) is 0 Å². The number of hydrogen-bond acceptors (Lipinski definition) is 3. The van der Waals surface area contributed by atoms with Gasteiger partial charge in [0.05, 0.1) is 6.10 Å². The number of amides is 1. The van der Waals surface area contributed by atoms with Gasteiger partial charge in [0.25, 0.3) is 5.91 Å². The predicted octanol–water partition coefficient (Wildman–Crippen LogP) is 5.29. The molecule has 0 aromatic heterocycles. The lowest BCUT2D eigenvalue weighted by Gasteiger charge is -2.19. The molecular formula is C24H29NO3. The Labute approximate surface area is 167 Å². The number of aryl methyl sites for hydroxylation is 2. The quantitative estimate of drug-likeness (QED) is 0.741. The van der Waals surface area contributed by atoms with Crippen molar-refractivity contribution in [2.75, 3.05) is 5.32 Å². The predicted molar refractivity (Wildman–Crippen MR) is 111 cm³/mol. The summed E-state index contributed by atoms with van der Waals surface area (Å²) in [5.74, 6) is 1.48. The Morgan fingerprint density at radius 3 is 2.36 bits per heavy atom. The second-order valence-electron chi connectivity index (χ2n) is 7.94. The molecule has 0 radical (unpaired) electrons. The molecule has 0 aliphatic heterocycles.